The van der Waals surface area contributed by atoms with Gasteiger partial charge in [0.2, 0.25) is 11.8 Å². The van der Waals surface area contributed by atoms with Gasteiger partial charge in [0.15, 0.2) is 5.75 Å². The Morgan fingerprint density at radius 2 is 1.73 bits per heavy atom. The number of rotatable bonds is 4. The molecule has 12 heteroatoms. The van der Waals surface area contributed by atoms with E-state index in [0.717, 1.165) is 17.0 Å². The molecule has 2 aromatic rings. The Kier molecular flexibility index (Phi) is 5.36. The quantitative estimate of drug-likeness (QED) is 0.674. The monoisotopic (exact) mass is 461 g/mol. The maximum atomic E-state index is 12.8. The minimum Gasteiger partial charge on any atom is -0.404 e. The number of carbonyl (C=O) groups is 5. The second-order valence-corrected chi connectivity index (χ2v) is 7.21. The second kappa shape index (κ2) is 8.04. The summed E-state index contributed by atoms with van der Waals surface area (Å²) in [5.74, 6) is -4.34. The van der Waals surface area contributed by atoms with Gasteiger partial charge in [-0.05, 0) is 36.8 Å². The van der Waals surface area contributed by atoms with Crippen molar-refractivity contribution in [2.24, 2.45) is 0 Å². The summed E-state index contributed by atoms with van der Waals surface area (Å²) in [7, 11) is 0. The Balaban J connectivity index is 1.57. The highest BCUT2D eigenvalue weighted by molar-refractivity contribution is 6.24. The van der Waals surface area contributed by atoms with Gasteiger partial charge in [-0.25, -0.2) is 0 Å². The van der Waals surface area contributed by atoms with E-state index in [1.54, 1.807) is 0 Å². The van der Waals surface area contributed by atoms with Crippen molar-refractivity contribution in [2.75, 3.05) is 5.32 Å². The lowest BCUT2D eigenvalue weighted by Crippen LogP contribution is -2.54. The van der Waals surface area contributed by atoms with Crippen molar-refractivity contribution in [1.29, 1.82) is 0 Å². The van der Waals surface area contributed by atoms with Gasteiger partial charge in [-0.3, -0.25) is 34.2 Å². The molecule has 0 saturated carbocycles. The van der Waals surface area contributed by atoms with Crippen molar-refractivity contribution >= 4 is 35.2 Å². The van der Waals surface area contributed by atoms with Crippen molar-refractivity contribution < 1.29 is 41.9 Å². The number of nitrogens with one attached hydrogen (secondary N) is 2. The lowest BCUT2D eigenvalue weighted by atomic mass is 10.0. The summed E-state index contributed by atoms with van der Waals surface area (Å²) in [4.78, 5) is 62.4. The third-order valence-corrected chi connectivity index (χ3v) is 5.06. The zero-order valence-corrected chi connectivity index (χ0v) is 16.6. The summed E-state index contributed by atoms with van der Waals surface area (Å²) >= 11 is 0. The van der Waals surface area contributed by atoms with Gasteiger partial charge in [-0.15, -0.1) is 13.2 Å². The number of anilines is 1. The Labute approximate surface area is 183 Å². The molecule has 0 radical (unpaired) electrons. The molecule has 2 aromatic carbocycles. The fraction of sp³-hybridized carbons (Fsp3) is 0.190. The summed E-state index contributed by atoms with van der Waals surface area (Å²) in [5.41, 5.74) is -0.547. The van der Waals surface area contributed by atoms with Crippen LogP contribution in [-0.2, 0) is 9.59 Å². The number of carbonyl (C=O) groups excluding carboxylic acids is 5. The Morgan fingerprint density at radius 3 is 2.42 bits per heavy atom. The van der Waals surface area contributed by atoms with Gasteiger partial charge in [0, 0.05) is 12.0 Å². The Hall–Kier alpha value is -4.22. The summed E-state index contributed by atoms with van der Waals surface area (Å²) in [6.07, 6.45) is -5.04. The number of nitrogens with zero attached hydrogens (tertiary/aromatic N) is 1. The van der Waals surface area contributed by atoms with Crippen LogP contribution in [0, 0.1) is 0 Å². The molecule has 0 aliphatic carbocycles. The molecule has 2 N–H and O–H groups in total. The van der Waals surface area contributed by atoms with Crippen LogP contribution >= 0.6 is 0 Å². The van der Waals surface area contributed by atoms with E-state index in [1.807, 2.05) is 0 Å². The molecule has 4 rings (SSSR count). The van der Waals surface area contributed by atoms with Crippen LogP contribution in [0.4, 0.5) is 18.9 Å². The lowest BCUT2D eigenvalue weighted by Gasteiger charge is -2.27. The van der Waals surface area contributed by atoms with E-state index < -0.39 is 47.7 Å². The number of ether oxygens (including phenoxy) is 1. The number of fused-ring (bicyclic) bond motifs is 1. The van der Waals surface area contributed by atoms with Crippen LogP contribution in [0.2, 0.25) is 0 Å². The maximum absolute atomic E-state index is 12.8. The number of imide groups is 2. The molecule has 0 aromatic heterocycles. The van der Waals surface area contributed by atoms with Crippen LogP contribution in [0.15, 0.2) is 42.5 Å². The molecule has 1 atom stereocenters. The van der Waals surface area contributed by atoms with Crippen molar-refractivity contribution in [1.82, 2.24) is 10.2 Å². The van der Waals surface area contributed by atoms with Gasteiger partial charge in [-0.1, -0.05) is 12.1 Å². The van der Waals surface area contributed by atoms with E-state index in [2.05, 4.69) is 15.4 Å². The number of hydrogen-bond donors (Lipinski definition) is 2. The molecule has 5 amide bonds. The summed E-state index contributed by atoms with van der Waals surface area (Å²) in [6, 6.07) is 7.29. The fourth-order valence-electron chi connectivity index (χ4n) is 3.59. The highest BCUT2D eigenvalue weighted by Gasteiger charge is 2.44. The second-order valence-electron chi connectivity index (χ2n) is 7.21. The van der Waals surface area contributed by atoms with E-state index in [0.29, 0.717) is 0 Å². The topological polar surface area (TPSA) is 122 Å². The molecule has 0 spiro atoms. The predicted octanol–water partition coefficient (Wildman–Crippen LogP) is 2.24. The van der Waals surface area contributed by atoms with E-state index in [-0.39, 0.29) is 35.2 Å². The first-order valence-electron chi connectivity index (χ1n) is 9.57. The van der Waals surface area contributed by atoms with Crippen LogP contribution in [0.25, 0.3) is 0 Å². The van der Waals surface area contributed by atoms with Crippen molar-refractivity contribution in [3.8, 4) is 5.75 Å². The van der Waals surface area contributed by atoms with Crippen LogP contribution in [0.1, 0.15) is 43.9 Å². The molecular weight excluding hydrogens is 447 g/mol. The number of halogens is 3. The SMILES string of the molecule is O=C1CCC(N2C(=O)c3ccc(C(=O)Nc4ccccc4OC(F)(F)F)cc3C2=O)C(=O)N1. The van der Waals surface area contributed by atoms with Crippen LogP contribution in [0.3, 0.4) is 0 Å². The Morgan fingerprint density at radius 1 is 1.03 bits per heavy atom. The molecular formula is C21H14F3N3O6. The van der Waals surface area contributed by atoms with Crippen molar-refractivity contribution in [2.45, 2.75) is 25.2 Å². The zero-order valence-electron chi connectivity index (χ0n) is 16.6. The number of benzene rings is 2. The van der Waals surface area contributed by atoms with Crippen LogP contribution in [-0.4, -0.2) is 46.8 Å². The summed E-state index contributed by atoms with van der Waals surface area (Å²) < 4.78 is 41.7. The largest absolute Gasteiger partial charge is 0.573 e. The van der Waals surface area contributed by atoms with Gasteiger partial charge in [-0.2, -0.15) is 0 Å². The van der Waals surface area contributed by atoms with E-state index in [4.69, 9.17) is 0 Å². The van der Waals surface area contributed by atoms with Crippen LogP contribution < -0.4 is 15.4 Å². The molecule has 33 heavy (non-hydrogen) atoms. The van der Waals surface area contributed by atoms with Gasteiger partial charge in [0.25, 0.3) is 17.7 Å². The average molecular weight is 461 g/mol. The third-order valence-electron chi connectivity index (χ3n) is 5.06. The highest BCUT2D eigenvalue weighted by atomic mass is 19.4. The first kappa shape index (κ1) is 22.0. The van der Waals surface area contributed by atoms with Crippen molar-refractivity contribution in [3.63, 3.8) is 0 Å². The van der Waals surface area contributed by atoms with Gasteiger partial charge in [0.05, 0.1) is 16.8 Å². The predicted molar refractivity (Wildman–Crippen MR) is 104 cm³/mol. The molecule has 1 fully saturated rings. The highest BCUT2D eigenvalue weighted by Crippen LogP contribution is 2.31. The minimum atomic E-state index is -4.97. The van der Waals surface area contributed by atoms with E-state index in [9.17, 15) is 37.1 Å². The lowest BCUT2D eigenvalue weighted by molar-refractivity contribution is -0.274. The number of hydrogen-bond acceptors (Lipinski definition) is 6. The van der Waals surface area contributed by atoms with E-state index in [1.165, 1.54) is 30.3 Å². The van der Waals surface area contributed by atoms with Crippen LogP contribution in [0.5, 0.6) is 5.75 Å². The minimum absolute atomic E-state index is 0.0283. The number of piperidine rings is 1. The fourth-order valence-corrected chi connectivity index (χ4v) is 3.59. The normalized spacial score (nSPS) is 18.2. The average Bonchev–Trinajstić information content (AvgIpc) is 2.98. The van der Waals surface area contributed by atoms with Gasteiger partial charge >= 0.3 is 6.36 Å². The number of amides is 5. The third kappa shape index (κ3) is 4.27. The zero-order chi connectivity index (χ0) is 23.9. The molecule has 1 saturated heterocycles. The molecule has 2 heterocycles. The first-order valence-corrected chi connectivity index (χ1v) is 9.57. The first-order chi connectivity index (χ1) is 15.5. The van der Waals surface area contributed by atoms with Gasteiger partial charge < -0.3 is 10.1 Å². The molecule has 0 bridgehead atoms. The number of alkyl halides is 3. The molecule has 9 nitrogen and oxygen atoms in total. The summed E-state index contributed by atoms with van der Waals surface area (Å²) in [5, 5.41) is 4.35. The molecule has 2 aliphatic rings. The maximum Gasteiger partial charge on any atom is 0.573 e. The number of para-hydroxylation sites is 2. The Bertz CT molecular complexity index is 1210. The van der Waals surface area contributed by atoms with Crippen molar-refractivity contribution in [3.05, 3.63) is 59.2 Å². The standard InChI is InChI=1S/C21H14F3N3O6/c22-21(23,24)33-15-4-2-1-3-13(15)25-17(29)10-5-6-11-12(9-10)20(32)27(19(11)31)14-7-8-16(28)26-18(14)30/h1-6,9,14H,7-8H2,(H,25,29)(H,26,28,30). The molecule has 1 unspecified atom stereocenters. The van der Waals surface area contributed by atoms with E-state index >= 15 is 0 Å². The smallest absolute Gasteiger partial charge is 0.404 e. The molecule has 170 valence electrons. The summed E-state index contributed by atoms with van der Waals surface area (Å²) in [6.45, 7) is 0. The molecule has 2 aliphatic heterocycles. The van der Waals surface area contributed by atoms with Gasteiger partial charge in [0.1, 0.15) is 6.04 Å².